The number of benzene rings is 1. The topological polar surface area (TPSA) is 111 Å². The van der Waals surface area contributed by atoms with Gasteiger partial charge in [-0.2, -0.15) is 0 Å². The number of ether oxygens (including phenoxy) is 1. The lowest BCUT2D eigenvalue weighted by atomic mass is 10.1. The van der Waals surface area contributed by atoms with Crippen LogP contribution in [0.4, 0.5) is 4.79 Å². The second kappa shape index (κ2) is 10.3. The van der Waals surface area contributed by atoms with E-state index in [9.17, 15) is 14.4 Å². The number of nitrogens with two attached hydrogens (primary N) is 1. The zero-order valence-electron chi connectivity index (χ0n) is 15.0. The minimum absolute atomic E-state index is 0.105. The van der Waals surface area contributed by atoms with Crippen molar-refractivity contribution >= 4 is 29.2 Å². The highest BCUT2D eigenvalue weighted by molar-refractivity contribution is 7.10. The van der Waals surface area contributed by atoms with E-state index < -0.39 is 24.1 Å². The Hall–Kier alpha value is -2.87. The molecule has 1 aromatic carbocycles. The second-order valence-corrected chi connectivity index (χ2v) is 6.85. The molecular formula is C19H23N3O4S. The number of carbonyl (C=O) groups is 3. The first-order valence-corrected chi connectivity index (χ1v) is 9.48. The SMILES string of the molecule is CC[C@H](OC(=O)C[C@H](NC(N)=O)c1cccs1)C(=O)NCc1ccccc1. The van der Waals surface area contributed by atoms with E-state index >= 15 is 0 Å². The number of hydrogen-bond acceptors (Lipinski definition) is 5. The summed E-state index contributed by atoms with van der Waals surface area (Å²) in [5, 5.41) is 7.13. The molecule has 0 unspecified atom stereocenters. The minimum Gasteiger partial charge on any atom is -0.452 e. The highest BCUT2D eigenvalue weighted by atomic mass is 32.1. The Morgan fingerprint density at radius 3 is 2.48 bits per heavy atom. The predicted octanol–water partition coefficient (Wildman–Crippen LogP) is 2.49. The van der Waals surface area contributed by atoms with Gasteiger partial charge in [-0.15, -0.1) is 11.3 Å². The number of urea groups is 1. The Kier molecular flexibility index (Phi) is 7.81. The summed E-state index contributed by atoms with van der Waals surface area (Å²) in [7, 11) is 0. The lowest BCUT2D eigenvalue weighted by Gasteiger charge is -2.19. The van der Waals surface area contributed by atoms with E-state index in [1.54, 1.807) is 13.0 Å². The summed E-state index contributed by atoms with van der Waals surface area (Å²) in [6, 6.07) is 11.8. The Morgan fingerprint density at radius 2 is 1.89 bits per heavy atom. The van der Waals surface area contributed by atoms with Gasteiger partial charge in [0.15, 0.2) is 6.10 Å². The summed E-state index contributed by atoms with van der Waals surface area (Å²) in [5.41, 5.74) is 6.14. The average Bonchev–Trinajstić information content (AvgIpc) is 3.19. The normalized spacial score (nSPS) is 12.6. The molecule has 1 heterocycles. The first-order valence-electron chi connectivity index (χ1n) is 8.60. The molecule has 0 aliphatic carbocycles. The van der Waals surface area contributed by atoms with Crippen LogP contribution in [0.5, 0.6) is 0 Å². The molecule has 1 aromatic heterocycles. The van der Waals surface area contributed by atoms with Crippen molar-refractivity contribution in [2.45, 2.75) is 38.5 Å². The molecule has 144 valence electrons. The maximum Gasteiger partial charge on any atom is 0.312 e. The van der Waals surface area contributed by atoms with Gasteiger partial charge in [0.05, 0.1) is 12.5 Å². The lowest BCUT2D eigenvalue weighted by Crippen LogP contribution is -2.38. The van der Waals surface area contributed by atoms with Gasteiger partial charge < -0.3 is 21.1 Å². The quantitative estimate of drug-likeness (QED) is 0.572. The van der Waals surface area contributed by atoms with Gasteiger partial charge in [0.1, 0.15) is 0 Å². The molecule has 0 bridgehead atoms. The van der Waals surface area contributed by atoms with E-state index in [4.69, 9.17) is 10.5 Å². The molecule has 7 nitrogen and oxygen atoms in total. The summed E-state index contributed by atoms with van der Waals surface area (Å²) < 4.78 is 5.32. The Labute approximate surface area is 161 Å². The fraction of sp³-hybridized carbons (Fsp3) is 0.316. The number of carbonyl (C=O) groups excluding carboxylic acids is 3. The van der Waals surface area contributed by atoms with Crippen LogP contribution in [-0.2, 0) is 20.9 Å². The third-order valence-corrected chi connectivity index (χ3v) is 4.81. The van der Waals surface area contributed by atoms with Crippen molar-refractivity contribution in [2.24, 2.45) is 5.73 Å². The van der Waals surface area contributed by atoms with Crippen LogP contribution < -0.4 is 16.4 Å². The zero-order valence-corrected chi connectivity index (χ0v) is 15.8. The summed E-state index contributed by atoms with van der Waals surface area (Å²) in [5.74, 6) is -0.936. The predicted molar refractivity (Wildman–Crippen MR) is 103 cm³/mol. The fourth-order valence-electron chi connectivity index (χ4n) is 2.48. The standard InChI is InChI=1S/C19H23N3O4S/c1-2-15(18(24)21-12-13-7-4-3-5-8-13)26-17(23)11-14(22-19(20)25)16-9-6-10-27-16/h3-10,14-15H,2,11-12H2,1H3,(H,21,24)(H3,20,22,25)/t14-,15-/m0/s1. The van der Waals surface area contributed by atoms with Gasteiger partial charge in [-0.25, -0.2) is 4.79 Å². The highest BCUT2D eigenvalue weighted by Crippen LogP contribution is 2.22. The van der Waals surface area contributed by atoms with Crippen molar-refractivity contribution in [3.05, 3.63) is 58.3 Å². The molecule has 0 aliphatic heterocycles. The number of thiophene rings is 1. The average molecular weight is 389 g/mol. The van der Waals surface area contributed by atoms with Crippen molar-refractivity contribution in [3.63, 3.8) is 0 Å². The minimum atomic E-state index is -0.890. The van der Waals surface area contributed by atoms with Crippen LogP contribution in [0.25, 0.3) is 0 Å². The van der Waals surface area contributed by atoms with Crippen LogP contribution in [0.1, 0.15) is 36.2 Å². The van der Waals surface area contributed by atoms with Gasteiger partial charge in [0.25, 0.3) is 5.91 Å². The number of rotatable bonds is 9. The molecule has 2 rings (SSSR count). The van der Waals surface area contributed by atoms with E-state index in [1.165, 1.54) is 11.3 Å². The molecule has 0 fully saturated rings. The van der Waals surface area contributed by atoms with E-state index in [-0.39, 0.29) is 12.3 Å². The zero-order chi connectivity index (χ0) is 19.6. The van der Waals surface area contributed by atoms with E-state index in [0.29, 0.717) is 13.0 Å². The number of hydrogen-bond donors (Lipinski definition) is 3. The molecule has 0 saturated heterocycles. The first-order chi connectivity index (χ1) is 13.0. The Balaban J connectivity index is 1.90. The van der Waals surface area contributed by atoms with Crippen molar-refractivity contribution in [3.8, 4) is 0 Å². The molecule has 3 amide bonds. The first kappa shape index (κ1) is 20.4. The monoisotopic (exact) mass is 389 g/mol. The largest absolute Gasteiger partial charge is 0.452 e. The van der Waals surface area contributed by atoms with Gasteiger partial charge >= 0.3 is 12.0 Å². The van der Waals surface area contributed by atoms with E-state index in [2.05, 4.69) is 10.6 Å². The Morgan fingerprint density at radius 1 is 1.15 bits per heavy atom. The van der Waals surface area contributed by atoms with Crippen LogP contribution in [0.2, 0.25) is 0 Å². The summed E-state index contributed by atoms with van der Waals surface area (Å²) in [6.45, 7) is 2.12. The van der Waals surface area contributed by atoms with Crippen molar-refractivity contribution < 1.29 is 19.1 Å². The lowest BCUT2D eigenvalue weighted by molar-refractivity contribution is -0.156. The summed E-state index contributed by atoms with van der Waals surface area (Å²) >= 11 is 1.39. The third-order valence-electron chi connectivity index (χ3n) is 3.82. The third kappa shape index (κ3) is 6.74. The van der Waals surface area contributed by atoms with Crippen molar-refractivity contribution in [1.82, 2.24) is 10.6 Å². The number of amides is 3. The second-order valence-electron chi connectivity index (χ2n) is 5.87. The van der Waals surface area contributed by atoms with Gasteiger partial charge in [-0.05, 0) is 23.4 Å². The number of esters is 1. The molecule has 0 spiro atoms. The van der Waals surface area contributed by atoms with Gasteiger partial charge in [-0.3, -0.25) is 9.59 Å². The van der Waals surface area contributed by atoms with Crippen molar-refractivity contribution in [2.75, 3.05) is 0 Å². The maximum atomic E-state index is 12.3. The van der Waals surface area contributed by atoms with Crippen LogP contribution in [0.3, 0.4) is 0 Å². The van der Waals surface area contributed by atoms with Crippen LogP contribution in [0, 0.1) is 0 Å². The maximum absolute atomic E-state index is 12.3. The van der Waals surface area contributed by atoms with Crippen LogP contribution in [0.15, 0.2) is 47.8 Å². The molecule has 2 atom stereocenters. The molecule has 0 radical (unpaired) electrons. The van der Waals surface area contributed by atoms with Crippen LogP contribution in [-0.4, -0.2) is 24.0 Å². The van der Waals surface area contributed by atoms with Crippen LogP contribution >= 0.6 is 11.3 Å². The van der Waals surface area contributed by atoms with Gasteiger partial charge in [0.2, 0.25) is 0 Å². The van der Waals surface area contributed by atoms with E-state index in [0.717, 1.165) is 10.4 Å². The molecule has 27 heavy (non-hydrogen) atoms. The smallest absolute Gasteiger partial charge is 0.312 e. The molecular weight excluding hydrogens is 366 g/mol. The molecule has 4 N–H and O–H groups in total. The van der Waals surface area contributed by atoms with Gasteiger partial charge in [0, 0.05) is 11.4 Å². The summed E-state index contributed by atoms with van der Waals surface area (Å²) in [6.07, 6.45) is -0.649. The molecule has 8 heteroatoms. The highest BCUT2D eigenvalue weighted by Gasteiger charge is 2.24. The molecule has 0 saturated carbocycles. The van der Waals surface area contributed by atoms with Gasteiger partial charge in [-0.1, -0.05) is 43.3 Å². The number of nitrogens with one attached hydrogen (secondary N) is 2. The molecule has 0 aliphatic rings. The Bertz CT molecular complexity index is 750. The molecule has 2 aromatic rings. The fourth-order valence-corrected chi connectivity index (χ4v) is 3.26. The van der Waals surface area contributed by atoms with E-state index in [1.807, 2.05) is 41.8 Å². The summed E-state index contributed by atoms with van der Waals surface area (Å²) in [4.78, 5) is 36.6. The van der Waals surface area contributed by atoms with Crippen molar-refractivity contribution in [1.29, 1.82) is 0 Å². The number of primary amides is 1.